The van der Waals surface area contributed by atoms with Gasteiger partial charge in [-0.15, -0.1) is 0 Å². The van der Waals surface area contributed by atoms with Gasteiger partial charge in [0.05, 0.1) is 11.8 Å². The number of para-hydroxylation sites is 1. The van der Waals surface area contributed by atoms with Crippen molar-refractivity contribution in [1.82, 2.24) is 9.97 Å². The van der Waals surface area contributed by atoms with Crippen molar-refractivity contribution in [3.05, 3.63) is 66.5 Å². The van der Waals surface area contributed by atoms with E-state index in [0.717, 1.165) is 11.4 Å². The molecule has 24 heavy (non-hydrogen) atoms. The Kier molecular flexibility index (Phi) is 4.52. The van der Waals surface area contributed by atoms with Gasteiger partial charge in [-0.3, -0.25) is 0 Å². The van der Waals surface area contributed by atoms with Gasteiger partial charge in [-0.2, -0.15) is 0 Å². The summed E-state index contributed by atoms with van der Waals surface area (Å²) in [7, 11) is 0. The number of rotatable bonds is 5. The van der Waals surface area contributed by atoms with Gasteiger partial charge in [-0.1, -0.05) is 23.4 Å². The predicted octanol–water partition coefficient (Wildman–Crippen LogP) is 3.40. The molecule has 3 rings (SSSR count). The maximum absolute atomic E-state index is 8.73. The van der Waals surface area contributed by atoms with Gasteiger partial charge >= 0.3 is 0 Å². The van der Waals surface area contributed by atoms with E-state index in [1.807, 2.05) is 54.6 Å². The third-order valence-corrected chi connectivity index (χ3v) is 3.20. The highest BCUT2D eigenvalue weighted by atomic mass is 16.5. The summed E-state index contributed by atoms with van der Waals surface area (Å²) in [6.07, 6.45) is 2.52. The molecule has 7 heteroatoms. The molecule has 0 aliphatic heterocycles. The van der Waals surface area contributed by atoms with Crippen molar-refractivity contribution in [2.75, 3.05) is 11.1 Å². The van der Waals surface area contributed by atoms with Crippen LogP contribution in [0, 0.1) is 0 Å². The Hall–Kier alpha value is -3.61. The van der Waals surface area contributed by atoms with E-state index in [0.29, 0.717) is 17.1 Å². The summed E-state index contributed by atoms with van der Waals surface area (Å²) in [5, 5.41) is 14.8. The van der Waals surface area contributed by atoms with Crippen LogP contribution in [0.1, 0.15) is 5.56 Å². The lowest BCUT2D eigenvalue weighted by atomic mass is 10.2. The van der Waals surface area contributed by atoms with Crippen molar-refractivity contribution in [1.29, 1.82) is 0 Å². The molecule has 0 radical (unpaired) electrons. The summed E-state index contributed by atoms with van der Waals surface area (Å²) in [6, 6.07) is 16.9. The molecular formula is C17H15N5O2. The second-order valence-electron chi connectivity index (χ2n) is 4.83. The normalized spacial score (nSPS) is 10.7. The van der Waals surface area contributed by atoms with Crippen molar-refractivity contribution in [3.8, 4) is 11.5 Å². The minimum Gasteiger partial charge on any atom is -0.457 e. The van der Waals surface area contributed by atoms with E-state index in [1.165, 1.54) is 12.5 Å². The number of hydrogen-bond acceptors (Lipinski definition) is 7. The van der Waals surface area contributed by atoms with Gasteiger partial charge in [0, 0.05) is 5.69 Å². The Balaban J connectivity index is 1.76. The molecule has 0 fully saturated rings. The number of benzene rings is 2. The predicted molar refractivity (Wildman–Crippen MR) is 92.1 cm³/mol. The Bertz CT molecular complexity index is 835. The fraction of sp³-hybridized carbons (Fsp3) is 0. The lowest BCUT2D eigenvalue weighted by Gasteiger charge is -2.10. The highest BCUT2D eigenvalue weighted by Gasteiger charge is 2.08. The van der Waals surface area contributed by atoms with Gasteiger partial charge in [0.25, 0.3) is 0 Å². The smallest absolute Gasteiger partial charge is 0.144 e. The van der Waals surface area contributed by atoms with Crippen LogP contribution in [0.4, 0.5) is 17.3 Å². The van der Waals surface area contributed by atoms with Crippen molar-refractivity contribution < 1.29 is 9.94 Å². The molecule has 4 N–H and O–H groups in total. The Morgan fingerprint density at radius 1 is 1.00 bits per heavy atom. The van der Waals surface area contributed by atoms with Gasteiger partial charge in [0.15, 0.2) is 0 Å². The molecule has 0 bridgehead atoms. The highest BCUT2D eigenvalue weighted by molar-refractivity contribution is 5.92. The number of aromatic nitrogens is 2. The monoisotopic (exact) mass is 321 g/mol. The van der Waals surface area contributed by atoms with Crippen molar-refractivity contribution in [3.63, 3.8) is 0 Å². The average molecular weight is 321 g/mol. The largest absolute Gasteiger partial charge is 0.457 e. The number of nitrogens with zero attached hydrogens (tertiary/aromatic N) is 3. The first-order valence-electron chi connectivity index (χ1n) is 7.14. The maximum Gasteiger partial charge on any atom is 0.144 e. The Morgan fingerprint density at radius 2 is 1.71 bits per heavy atom. The van der Waals surface area contributed by atoms with Crippen LogP contribution in [0.5, 0.6) is 11.5 Å². The first kappa shape index (κ1) is 15.3. The van der Waals surface area contributed by atoms with Crippen LogP contribution in [-0.2, 0) is 0 Å². The molecule has 120 valence electrons. The zero-order chi connectivity index (χ0) is 16.8. The second-order valence-corrected chi connectivity index (χ2v) is 4.83. The van der Waals surface area contributed by atoms with Crippen LogP contribution in [0.2, 0.25) is 0 Å². The molecule has 0 atom stereocenters. The second kappa shape index (κ2) is 7.10. The molecule has 1 aromatic heterocycles. The number of nitrogen functional groups attached to an aromatic ring is 1. The van der Waals surface area contributed by atoms with Crippen LogP contribution in [0.25, 0.3) is 0 Å². The average Bonchev–Trinajstić information content (AvgIpc) is 2.61. The SMILES string of the molecule is Nc1ncnc(Nc2ccc(Oc3ccccc3)cc2)c1C=NO. The molecule has 0 amide bonds. The zero-order valence-corrected chi connectivity index (χ0v) is 12.6. The van der Waals surface area contributed by atoms with E-state index >= 15 is 0 Å². The molecule has 0 saturated carbocycles. The molecule has 2 aromatic carbocycles. The lowest BCUT2D eigenvalue weighted by Crippen LogP contribution is -2.04. The Morgan fingerprint density at radius 3 is 2.42 bits per heavy atom. The summed E-state index contributed by atoms with van der Waals surface area (Å²) in [5.74, 6) is 2.14. The summed E-state index contributed by atoms with van der Waals surface area (Å²) in [6.45, 7) is 0. The summed E-state index contributed by atoms with van der Waals surface area (Å²) in [4.78, 5) is 7.97. The number of nitrogens with two attached hydrogens (primary N) is 1. The number of nitrogens with one attached hydrogen (secondary N) is 1. The van der Waals surface area contributed by atoms with Crippen LogP contribution < -0.4 is 15.8 Å². The molecular weight excluding hydrogens is 306 g/mol. The van der Waals surface area contributed by atoms with Gasteiger partial charge in [-0.05, 0) is 36.4 Å². The first-order chi connectivity index (χ1) is 11.8. The van der Waals surface area contributed by atoms with Crippen molar-refractivity contribution in [2.24, 2.45) is 5.16 Å². The molecule has 0 spiro atoms. The van der Waals surface area contributed by atoms with E-state index in [1.54, 1.807) is 0 Å². The third kappa shape index (κ3) is 3.58. The molecule has 0 unspecified atom stereocenters. The van der Waals surface area contributed by atoms with Gasteiger partial charge in [-0.25, -0.2) is 9.97 Å². The summed E-state index contributed by atoms with van der Waals surface area (Å²) in [5.41, 5.74) is 6.94. The van der Waals surface area contributed by atoms with Gasteiger partial charge < -0.3 is 21.0 Å². The van der Waals surface area contributed by atoms with Gasteiger partial charge in [0.2, 0.25) is 0 Å². The van der Waals surface area contributed by atoms with E-state index in [2.05, 4.69) is 20.4 Å². The maximum atomic E-state index is 8.73. The fourth-order valence-corrected chi connectivity index (χ4v) is 2.06. The summed E-state index contributed by atoms with van der Waals surface area (Å²) >= 11 is 0. The van der Waals surface area contributed by atoms with Crippen LogP contribution in [-0.4, -0.2) is 21.4 Å². The summed E-state index contributed by atoms with van der Waals surface area (Å²) < 4.78 is 5.74. The van der Waals surface area contributed by atoms with Crippen LogP contribution >= 0.6 is 0 Å². The van der Waals surface area contributed by atoms with Crippen LogP contribution in [0.3, 0.4) is 0 Å². The van der Waals surface area contributed by atoms with E-state index in [4.69, 9.17) is 15.7 Å². The van der Waals surface area contributed by atoms with E-state index in [-0.39, 0.29) is 5.82 Å². The number of oxime groups is 1. The Labute approximate surface area is 138 Å². The number of hydrogen-bond donors (Lipinski definition) is 3. The lowest BCUT2D eigenvalue weighted by molar-refractivity contribution is 0.322. The minimum atomic E-state index is 0.217. The minimum absolute atomic E-state index is 0.217. The molecule has 0 saturated heterocycles. The van der Waals surface area contributed by atoms with Crippen LogP contribution in [0.15, 0.2) is 66.1 Å². The molecule has 7 nitrogen and oxygen atoms in total. The van der Waals surface area contributed by atoms with Crippen molar-refractivity contribution in [2.45, 2.75) is 0 Å². The highest BCUT2D eigenvalue weighted by Crippen LogP contribution is 2.25. The number of anilines is 3. The zero-order valence-electron chi connectivity index (χ0n) is 12.6. The molecule has 1 heterocycles. The third-order valence-electron chi connectivity index (χ3n) is 3.20. The quantitative estimate of drug-likeness (QED) is 0.378. The molecule has 3 aromatic rings. The fourth-order valence-electron chi connectivity index (χ4n) is 2.06. The first-order valence-corrected chi connectivity index (χ1v) is 7.14. The molecule has 0 aliphatic carbocycles. The van der Waals surface area contributed by atoms with Gasteiger partial charge in [0.1, 0.15) is 29.5 Å². The van der Waals surface area contributed by atoms with E-state index in [9.17, 15) is 0 Å². The standard InChI is InChI=1S/C17H15N5O2/c18-16-15(10-21-23)17(20-11-19-16)22-12-6-8-14(9-7-12)24-13-4-2-1-3-5-13/h1-11,23H,(H3,18,19,20,22). The molecule has 0 aliphatic rings. The van der Waals surface area contributed by atoms with Crippen molar-refractivity contribution >= 4 is 23.5 Å². The topological polar surface area (TPSA) is 106 Å². The van der Waals surface area contributed by atoms with E-state index < -0.39 is 0 Å². The number of ether oxygens (including phenoxy) is 1.